The quantitative estimate of drug-likeness (QED) is 0.112. The molecule has 14 heteroatoms. The van der Waals surface area contributed by atoms with E-state index in [0.29, 0.717) is 25.1 Å². The van der Waals surface area contributed by atoms with E-state index in [2.05, 4.69) is 25.9 Å². The van der Waals surface area contributed by atoms with Crippen molar-refractivity contribution in [2.75, 3.05) is 6.54 Å². The fourth-order valence-corrected chi connectivity index (χ4v) is 3.22. The second-order valence-electron chi connectivity index (χ2n) is 8.53. The number of nitrogens with two attached hydrogens (primary N) is 3. The zero-order valence-corrected chi connectivity index (χ0v) is 20.0. The van der Waals surface area contributed by atoms with Gasteiger partial charge < -0.3 is 43.2 Å². The third-order valence-corrected chi connectivity index (χ3v) is 5.18. The number of nitrogens with one attached hydrogen (secondary N) is 4. The lowest BCUT2D eigenvalue weighted by molar-refractivity contribution is -0.144. The maximum Gasteiger partial charge on any atom is 0.326 e. The molecule has 0 spiro atoms. The van der Waals surface area contributed by atoms with Crippen molar-refractivity contribution in [2.24, 2.45) is 23.1 Å². The number of carboxylic acid groups (broad SMARTS) is 1. The van der Waals surface area contributed by atoms with Gasteiger partial charge in [-0.1, -0.05) is 13.8 Å². The van der Waals surface area contributed by atoms with E-state index in [9.17, 15) is 29.1 Å². The van der Waals surface area contributed by atoms with Gasteiger partial charge in [-0.05, 0) is 31.7 Å². The Morgan fingerprint density at radius 1 is 1.03 bits per heavy atom. The molecule has 1 heterocycles. The monoisotopic (exact) mass is 496 g/mol. The Morgan fingerprint density at radius 3 is 2.20 bits per heavy atom. The van der Waals surface area contributed by atoms with E-state index in [-0.39, 0.29) is 12.8 Å². The first kappa shape index (κ1) is 29.5. The Balaban J connectivity index is 2.92. The van der Waals surface area contributed by atoms with Gasteiger partial charge in [0.15, 0.2) is 0 Å². The number of aromatic nitrogens is 2. The molecule has 1 aromatic heterocycles. The molecule has 11 N–H and O–H groups in total. The average molecular weight is 497 g/mol. The molecule has 1 aromatic rings. The molecular formula is C21H36N8O6. The normalized spacial score (nSPS) is 14.4. The van der Waals surface area contributed by atoms with Crippen LogP contribution in [-0.4, -0.2) is 75.4 Å². The van der Waals surface area contributed by atoms with Crippen molar-refractivity contribution in [2.45, 2.75) is 70.1 Å². The fourth-order valence-electron chi connectivity index (χ4n) is 3.22. The van der Waals surface area contributed by atoms with Crippen LogP contribution in [0.15, 0.2) is 12.5 Å². The van der Waals surface area contributed by atoms with E-state index < -0.39 is 66.1 Å². The van der Waals surface area contributed by atoms with Gasteiger partial charge in [0.05, 0.1) is 18.8 Å². The molecule has 0 aliphatic carbocycles. The Kier molecular flexibility index (Phi) is 12.4. The molecule has 0 fully saturated rings. The maximum atomic E-state index is 13.0. The molecular weight excluding hydrogens is 460 g/mol. The van der Waals surface area contributed by atoms with Crippen LogP contribution in [0.1, 0.15) is 45.2 Å². The number of rotatable bonds is 16. The number of imidazole rings is 1. The largest absolute Gasteiger partial charge is 0.480 e. The molecule has 0 aliphatic rings. The van der Waals surface area contributed by atoms with Gasteiger partial charge in [-0.2, -0.15) is 0 Å². The lowest BCUT2D eigenvalue weighted by Gasteiger charge is -2.27. The highest BCUT2D eigenvalue weighted by Gasteiger charge is 2.32. The molecule has 4 atom stereocenters. The number of carbonyl (C=O) groups is 5. The Labute approximate surface area is 203 Å². The SMILES string of the molecule is CC(C)C(NC(=O)C(CCCCN)NC(=O)C(N)Cc1cnc[nH]1)C(=O)NC(CC(N)=O)C(=O)O. The van der Waals surface area contributed by atoms with E-state index in [1.807, 2.05) is 0 Å². The third-order valence-electron chi connectivity index (χ3n) is 5.18. The van der Waals surface area contributed by atoms with Crippen LogP contribution in [0.3, 0.4) is 0 Å². The molecule has 1 rings (SSSR count). The van der Waals surface area contributed by atoms with E-state index in [1.54, 1.807) is 13.8 Å². The summed E-state index contributed by atoms with van der Waals surface area (Å²) in [4.78, 5) is 67.6. The number of hydrogen-bond acceptors (Lipinski definition) is 8. The number of aliphatic carboxylic acids is 1. The summed E-state index contributed by atoms with van der Waals surface area (Å²) < 4.78 is 0. The third kappa shape index (κ3) is 10.5. The minimum Gasteiger partial charge on any atom is -0.480 e. The molecule has 4 amide bonds. The molecule has 0 bridgehead atoms. The Morgan fingerprint density at radius 2 is 1.69 bits per heavy atom. The highest BCUT2D eigenvalue weighted by molar-refractivity contribution is 5.95. The molecule has 196 valence electrons. The van der Waals surface area contributed by atoms with Gasteiger partial charge in [0.25, 0.3) is 0 Å². The van der Waals surface area contributed by atoms with Crippen molar-refractivity contribution in [1.29, 1.82) is 0 Å². The van der Waals surface area contributed by atoms with E-state index in [1.165, 1.54) is 12.5 Å². The van der Waals surface area contributed by atoms with E-state index in [0.717, 1.165) is 0 Å². The zero-order chi connectivity index (χ0) is 26.5. The first-order valence-electron chi connectivity index (χ1n) is 11.3. The summed E-state index contributed by atoms with van der Waals surface area (Å²) >= 11 is 0. The molecule has 0 saturated carbocycles. The van der Waals surface area contributed by atoms with Crippen molar-refractivity contribution < 1.29 is 29.1 Å². The summed E-state index contributed by atoms with van der Waals surface area (Å²) in [7, 11) is 0. The molecule has 0 aliphatic heterocycles. The number of amides is 4. The van der Waals surface area contributed by atoms with Crippen LogP contribution < -0.4 is 33.2 Å². The number of hydrogen-bond donors (Lipinski definition) is 8. The van der Waals surface area contributed by atoms with Gasteiger partial charge in [-0.15, -0.1) is 0 Å². The predicted octanol–water partition coefficient (Wildman–Crippen LogP) is -2.52. The van der Waals surface area contributed by atoms with Crippen LogP contribution >= 0.6 is 0 Å². The Hall–Kier alpha value is -3.52. The van der Waals surface area contributed by atoms with E-state index in [4.69, 9.17) is 17.2 Å². The fraction of sp³-hybridized carbons (Fsp3) is 0.619. The predicted molar refractivity (Wildman–Crippen MR) is 125 cm³/mol. The van der Waals surface area contributed by atoms with Gasteiger partial charge in [0, 0.05) is 18.3 Å². The number of aromatic amines is 1. The second kappa shape index (κ2) is 14.7. The van der Waals surface area contributed by atoms with Crippen molar-refractivity contribution >= 4 is 29.6 Å². The van der Waals surface area contributed by atoms with E-state index >= 15 is 0 Å². The van der Waals surface area contributed by atoms with Crippen molar-refractivity contribution in [3.63, 3.8) is 0 Å². The minimum absolute atomic E-state index is 0.177. The molecule has 4 unspecified atom stereocenters. The first-order valence-corrected chi connectivity index (χ1v) is 11.3. The summed E-state index contributed by atoms with van der Waals surface area (Å²) in [6.07, 6.45) is 3.95. The van der Waals surface area contributed by atoms with Crippen LogP contribution in [0, 0.1) is 5.92 Å². The summed E-state index contributed by atoms with van der Waals surface area (Å²) in [6.45, 7) is 3.70. The summed E-state index contributed by atoms with van der Waals surface area (Å²) in [5.41, 5.74) is 17.2. The summed E-state index contributed by atoms with van der Waals surface area (Å²) in [6, 6.07) is -4.63. The van der Waals surface area contributed by atoms with Crippen LogP contribution in [0.25, 0.3) is 0 Å². The molecule has 14 nitrogen and oxygen atoms in total. The van der Waals surface area contributed by atoms with Crippen LogP contribution in [-0.2, 0) is 30.4 Å². The van der Waals surface area contributed by atoms with Crippen LogP contribution in [0.5, 0.6) is 0 Å². The topological polar surface area (TPSA) is 248 Å². The summed E-state index contributed by atoms with van der Waals surface area (Å²) in [5.74, 6) is -4.79. The van der Waals surface area contributed by atoms with Gasteiger partial charge in [-0.25, -0.2) is 9.78 Å². The lowest BCUT2D eigenvalue weighted by Crippen LogP contribution is -2.58. The minimum atomic E-state index is -1.54. The molecule has 0 aromatic carbocycles. The highest BCUT2D eigenvalue weighted by atomic mass is 16.4. The van der Waals surface area contributed by atoms with Gasteiger partial charge in [0.2, 0.25) is 23.6 Å². The number of carboxylic acids is 1. The number of primary amides is 1. The Bertz CT molecular complexity index is 860. The number of H-pyrrole nitrogens is 1. The molecule has 0 saturated heterocycles. The van der Waals surface area contributed by atoms with Crippen molar-refractivity contribution in [3.8, 4) is 0 Å². The first-order chi connectivity index (χ1) is 16.5. The van der Waals surface area contributed by atoms with Gasteiger partial charge >= 0.3 is 5.97 Å². The van der Waals surface area contributed by atoms with Gasteiger partial charge in [0.1, 0.15) is 18.1 Å². The zero-order valence-electron chi connectivity index (χ0n) is 20.0. The number of carbonyl (C=O) groups excluding carboxylic acids is 4. The summed E-state index contributed by atoms with van der Waals surface area (Å²) in [5, 5.41) is 16.6. The van der Waals surface area contributed by atoms with Crippen molar-refractivity contribution in [3.05, 3.63) is 18.2 Å². The van der Waals surface area contributed by atoms with Gasteiger partial charge in [-0.3, -0.25) is 19.2 Å². The standard InChI is InChI=1S/C21H36N8O6/c1-11(2)17(20(33)28-15(21(34)35)8-16(24)30)29-19(32)14(5-3-4-6-22)27-18(31)13(23)7-12-9-25-10-26-12/h9-11,13-15,17H,3-8,22-23H2,1-2H3,(H2,24,30)(H,25,26)(H,27,31)(H,28,33)(H,29,32)(H,34,35). The number of unbranched alkanes of at least 4 members (excludes halogenated alkanes) is 1. The number of nitrogens with zero attached hydrogens (tertiary/aromatic N) is 1. The van der Waals surface area contributed by atoms with Crippen LogP contribution in [0.2, 0.25) is 0 Å². The lowest BCUT2D eigenvalue weighted by atomic mass is 10.0. The van der Waals surface area contributed by atoms with Crippen molar-refractivity contribution in [1.82, 2.24) is 25.9 Å². The highest BCUT2D eigenvalue weighted by Crippen LogP contribution is 2.08. The van der Waals surface area contributed by atoms with Crippen LogP contribution in [0.4, 0.5) is 0 Å². The maximum absolute atomic E-state index is 13.0. The average Bonchev–Trinajstić information content (AvgIpc) is 3.28. The molecule has 35 heavy (non-hydrogen) atoms. The smallest absolute Gasteiger partial charge is 0.326 e. The second-order valence-corrected chi connectivity index (χ2v) is 8.53. The molecule has 0 radical (unpaired) electrons.